The van der Waals surface area contributed by atoms with E-state index in [0.717, 1.165) is 59.6 Å². The molecule has 0 aliphatic heterocycles. The van der Waals surface area contributed by atoms with Crippen molar-refractivity contribution in [3.8, 4) is 11.5 Å². The van der Waals surface area contributed by atoms with Gasteiger partial charge in [0.2, 0.25) is 0 Å². The van der Waals surface area contributed by atoms with E-state index >= 15 is 0 Å². The van der Waals surface area contributed by atoms with Crippen LogP contribution in [0.2, 0.25) is 0 Å². The topological polar surface area (TPSA) is 36.3 Å². The molecular formula is C31H30N2O2. The van der Waals surface area contributed by atoms with Gasteiger partial charge in [-0.2, -0.15) is 0 Å². The van der Waals surface area contributed by atoms with Gasteiger partial charge in [-0.15, -0.1) is 6.58 Å². The quantitative estimate of drug-likeness (QED) is 0.152. The molecule has 0 aliphatic rings. The van der Waals surface area contributed by atoms with Crippen LogP contribution in [0.1, 0.15) is 24.2 Å². The van der Waals surface area contributed by atoms with Crippen molar-refractivity contribution >= 4 is 21.8 Å². The number of imidazole rings is 1. The van der Waals surface area contributed by atoms with Crippen LogP contribution in [0.5, 0.6) is 11.5 Å². The number of rotatable bonds is 11. The third-order valence-electron chi connectivity index (χ3n) is 6.21. The van der Waals surface area contributed by atoms with E-state index < -0.39 is 0 Å². The first-order valence-electron chi connectivity index (χ1n) is 12.2. The number of hydrogen-bond acceptors (Lipinski definition) is 3. The molecule has 0 amide bonds. The Labute approximate surface area is 206 Å². The summed E-state index contributed by atoms with van der Waals surface area (Å²) in [6.07, 6.45) is 4.68. The van der Waals surface area contributed by atoms with E-state index in [-0.39, 0.29) is 0 Å². The SMILES string of the molecule is C=CCc1ccccc1OCCCCn1c(COc2cccc3ccccc23)nc2ccccc21. The van der Waals surface area contributed by atoms with Crippen molar-refractivity contribution in [3.05, 3.63) is 115 Å². The number of nitrogens with zero attached hydrogens (tertiary/aromatic N) is 2. The van der Waals surface area contributed by atoms with Gasteiger partial charge < -0.3 is 14.0 Å². The standard InChI is InChI=1S/C31H30N2O2/c1-2-12-25-14-4-8-19-29(25)34-22-10-9-21-33-28-18-7-6-17-27(28)32-31(33)23-35-30-20-11-15-24-13-3-5-16-26(24)30/h2-8,11,13-20H,1,9-10,12,21-23H2. The number of para-hydroxylation sites is 3. The summed E-state index contributed by atoms with van der Waals surface area (Å²) in [6, 6.07) is 30.9. The van der Waals surface area contributed by atoms with Crippen LogP contribution in [-0.4, -0.2) is 16.2 Å². The minimum atomic E-state index is 0.425. The van der Waals surface area contributed by atoms with Crippen LogP contribution in [0.25, 0.3) is 21.8 Å². The van der Waals surface area contributed by atoms with Gasteiger partial charge in [-0.3, -0.25) is 0 Å². The molecule has 0 saturated carbocycles. The van der Waals surface area contributed by atoms with Gasteiger partial charge in [0.1, 0.15) is 23.9 Å². The van der Waals surface area contributed by atoms with Gasteiger partial charge in [-0.1, -0.05) is 72.8 Å². The number of allylic oxidation sites excluding steroid dienone is 1. The smallest absolute Gasteiger partial charge is 0.147 e. The molecule has 0 N–H and O–H groups in total. The second-order valence-corrected chi connectivity index (χ2v) is 8.59. The summed E-state index contributed by atoms with van der Waals surface area (Å²) in [6.45, 7) is 5.82. The maximum atomic E-state index is 6.28. The maximum absolute atomic E-state index is 6.28. The minimum absolute atomic E-state index is 0.425. The molecule has 1 aromatic heterocycles. The summed E-state index contributed by atoms with van der Waals surface area (Å²) in [5, 5.41) is 2.29. The Hall–Kier alpha value is -4.05. The molecule has 0 radical (unpaired) electrons. The molecular weight excluding hydrogens is 432 g/mol. The van der Waals surface area contributed by atoms with E-state index in [9.17, 15) is 0 Å². The number of ether oxygens (including phenoxy) is 2. The van der Waals surface area contributed by atoms with Gasteiger partial charge in [0, 0.05) is 11.9 Å². The van der Waals surface area contributed by atoms with E-state index in [1.165, 1.54) is 10.9 Å². The normalized spacial score (nSPS) is 11.1. The van der Waals surface area contributed by atoms with Crippen molar-refractivity contribution < 1.29 is 9.47 Å². The third kappa shape index (κ3) is 5.22. The number of aromatic nitrogens is 2. The lowest BCUT2D eigenvalue weighted by Crippen LogP contribution is -2.09. The molecule has 4 nitrogen and oxygen atoms in total. The molecule has 5 aromatic rings. The molecule has 176 valence electrons. The van der Waals surface area contributed by atoms with E-state index in [1.807, 2.05) is 54.6 Å². The zero-order chi connectivity index (χ0) is 23.9. The van der Waals surface area contributed by atoms with Crippen LogP contribution < -0.4 is 9.47 Å². The average molecular weight is 463 g/mol. The van der Waals surface area contributed by atoms with Gasteiger partial charge in [-0.25, -0.2) is 4.98 Å². The van der Waals surface area contributed by atoms with Gasteiger partial charge in [0.25, 0.3) is 0 Å². The van der Waals surface area contributed by atoms with Crippen molar-refractivity contribution in [2.24, 2.45) is 0 Å². The molecule has 35 heavy (non-hydrogen) atoms. The molecule has 0 bridgehead atoms. The van der Waals surface area contributed by atoms with Crippen LogP contribution in [0.3, 0.4) is 0 Å². The zero-order valence-electron chi connectivity index (χ0n) is 19.9. The lowest BCUT2D eigenvalue weighted by atomic mass is 10.1. The van der Waals surface area contributed by atoms with Gasteiger partial charge in [0.15, 0.2) is 0 Å². The third-order valence-corrected chi connectivity index (χ3v) is 6.21. The molecule has 0 saturated heterocycles. The predicted octanol–water partition coefficient (Wildman–Crippen LogP) is 7.36. The lowest BCUT2D eigenvalue weighted by Gasteiger charge is -2.13. The summed E-state index contributed by atoms with van der Waals surface area (Å²) < 4.78 is 14.6. The highest BCUT2D eigenvalue weighted by Crippen LogP contribution is 2.27. The fourth-order valence-electron chi connectivity index (χ4n) is 4.47. The van der Waals surface area contributed by atoms with Crippen LogP contribution >= 0.6 is 0 Å². The van der Waals surface area contributed by atoms with Gasteiger partial charge in [0.05, 0.1) is 17.6 Å². The van der Waals surface area contributed by atoms with Crippen molar-refractivity contribution in [2.45, 2.75) is 32.4 Å². The molecule has 4 heteroatoms. The highest BCUT2D eigenvalue weighted by molar-refractivity contribution is 5.88. The first-order chi connectivity index (χ1) is 17.3. The van der Waals surface area contributed by atoms with Crippen molar-refractivity contribution in [2.75, 3.05) is 6.61 Å². The van der Waals surface area contributed by atoms with E-state index in [4.69, 9.17) is 14.5 Å². The zero-order valence-corrected chi connectivity index (χ0v) is 19.9. The Balaban J connectivity index is 1.25. The molecule has 1 heterocycles. The molecule has 0 unspecified atom stereocenters. The number of fused-ring (bicyclic) bond motifs is 2. The highest BCUT2D eigenvalue weighted by atomic mass is 16.5. The van der Waals surface area contributed by atoms with Crippen molar-refractivity contribution in [3.63, 3.8) is 0 Å². The fourth-order valence-corrected chi connectivity index (χ4v) is 4.47. The molecule has 0 spiro atoms. The van der Waals surface area contributed by atoms with E-state index in [2.05, 4.69) is 53.6 Å². The number of hydrogen-bond donors (Lipinski definition) is 0. The van der Waals surface area contributed by atoms with Crippen molar-refractivity contribution in [1.29, 1.82) is 0 Å². The van der Waals surface area contributed by atoms with E-state index in [1.54, 1.807) is 0 Å². The summed E-state index contributed by atoms with van der Waals surface area (Å²) in [5.41, 5.74) is 3.32. The molecule has 4 aromatic carbocycles. The van der Waals surface area contributed by atoms with Crippen LogP contribution in [-0.2, 0) is 19.6 Å². The summed E-state index contributed by atoms with van der Waals surface area (Å²) >= 11 is 0. The average Bonchev–Trinajstić information content (AvgIpc) is 3.25. The Morgan fingerprint density at radius 2 is 1.54 bits per heavy atom. The molecule has 5 rings (SSSR count). The molecule has 0 fully saturated rings. The van der Waals surface area contributed by atoms with E-state index in [0.29, 0.717) is 13.2 Å². The van der Waals surface area contributed by atoms with Crippen LogP contribution in [0.15, 0.2) is 104 Å². The van der Waals surface area contributed by atoms with Gasteiger partial charge >= 0.3 is 0 Å². The predicted molar refractivity (Wildman–Crippen MR) is 143 cm³/mol. The number of benzene rings is 4. The number of unbranched alkanes of at least 4 members (excludes halogenated alkanes) is 1. The van der Waals surface area contributed by atoms with Crippen LogP contribution in [0.4, 0.5) is 0 Å². The Morgan fingerprint density at radius 3 is 2.49 bits per heavy atom. The highest BCUT2D eigenvalue weighted by Gasteiger charge is 2.12. The maximum Gasteiger partial charge on any atom is 0.147 e. The largest absolute Gasteiger partial charge is 0.493 e. The Bertz CT molecular complexity index is 1430. The monoisotopic (exact) mass is 462 g/mol. The molecule has 0 atom stereocenters. The fraction of sp³-hybridized carbons (Fsp3) is 0.194. The first kappa shape index (κ1) is 22.7. The summed E-state index contributed by atoms with van der Waals surface area (Å²) in [4.78, 5) is 4.88. The number of aryl methyl sites for hydroxylation is 1. The first-order valence-corrected chi connectivity index (χ1v) is 12.2. The Morgan fingerprint density at radius 1 is 0.771 bits per heavy atom. The lowest BCUT2D eigenvalue weighted by molar-refractivity contribution is 0.287. The Kier molecular flexibility index (Phi) is 7.09. The minimum Gasteiger partial charge on any atom is -0.493 e. The molecule has 0 aliphatic carbocycles. The second-order valence-electron chi connectivity index (χ2n) is 8.59. The van der Waals surface area contributed by atoms with Gasteiger partial charge in [-0.05, 0) is 54.5 Å². The summed E-state index contributed by atoms with van der Waals surface area (Å²) in [5.74, 6) is 2.77. The second kappa shape index (κ2) is 10.9. The summed E-state index contributed by atoms with van der Waals surface area (Å²) in [7, 11) is 0. The van der Waals surface area contributed by atoms with Crippen molar-refractivity contribution in [1.82, 2.24) is 9.55 Å². The van der Waals surface area contributed by atoms with Crippen LogP contribution in [0, 0.1) is 0 Å².